The van der Waals surface area contributed by atoms with Crippen molar-refractivity contribution in [3.8, 4) is 0 Å². The van der Waals surface area contributed by atoms with Gasteiger partial charge in [-0.15, -0.1) is 0 Å². The average Bonchev–Trinajstić information content (AvgIpc) is 2.62. The number of methoxy groups -OCH3 is 1. The zero-order chi connectivity index (χ0) is 18.6. The molecule has 0 unspecified atom stereocenters. The number of para-hydroxylation sites is 2. The standard InChI is InChI=1S/C16H14NO2.CH4O4S/c1-17-13-9-5-3-7-11(13)15(16(18)19-2)12-8-4-6-10-14(12)17;1-5-6(2,3)4/h3-10H,1-2H3;1H3,(H,2,3,4)/q+1;. The summed E-state index contributed by atoms with van der Waals surface area (Å²) in [4.78, 5) is 12.1. The SMILES string of the molecule is COC(=O)c1c2ccccc2[n+](C)c2ccccc12.COS(=O)(=O)O. The Labute approximate surface area is 145 Å². The summed E-state index contributed by atoms with van der Waals surface area (Å²) in [6.45, 7) is 0. The maximum Gasteiger partial charge on any atom is 0.397 e. The average molecular weight is 364 g/mol. The van der Waals surface area contributed by atoms with E-state index in [1.807, 2.05) is 55.6 Å². The first-order valence-electron chi connectivity index (χ1n) is 7.21. The Hall–Kier alpha value is -2.55. The zero-order valence-electron chi connectivity index (χ0n) is 14.0. The highest BCUT2D eigenvalue weighted by atomic mass is 32.3. The molecule has 3 rings (SSSR count). The molecule has 0 radical (unpaired) electrons. The van der Waals surface area contributed by atoms with Crippen molar-refractivity contribution in [3.05, 3.63) is 54.1 Å². The molecule has 8 heteroatoms. The van der Waals surface area contributed by atoms with E-state index in [-0.39, 0.29) is 5.97 Å². The van der Waals surface area contributed by atoms with Crippen LogP contribution in [0.25, 0.3) is 21.8 Å². The number of nitrogens with zero attached hydrogens (tertiary/aromatic N) is 1. The number of carbonyl (C=O) groups is 1. The minimum atomic E-state index is -4.16. The van der Waals surface area contributed by atoms with Crippen molar-refractivity contribution in [3.63, 3.8) is 0 Å². The Morgan fingerprint density at radius 3 is 1.72 bits per heavy atom. The van der Waals surface area contributed by atoms with Gasteiger partial charge in [-0.25, -0.2) is 4.79 Å². The maximum atomic E-state index is 12.1. The van der Waals surface area contributed by atoms with Crippen LogP contribution in [-0.2, 0) is 26.4 Å². The predicted molar refractivity (Wildman–Crippen MR) is 92.5 cm³/mol. The van der Waals surface area contributed by atoms with Gasteiger partial charge in [-0.3, -0.25) is 8.74 Å². The van der Waals surface area contributed by atoms with Crippen LogP contribution in [0.2, 0.25) is 0 Å². The van der Waals surface area contributed by atoms with Crippen LogP contribution in [0.3, 0.4) is 0 Å². The largest absolute Gasteiger partial charge is 0.465 e. The van der Waals surface area contributed by atoms with Gasteiger partial charge in [0.2, 0.25) is 11.0 Å². The first-order valence-corrected chi connectivity index (χ1v) is 8.57. The Balaban J connectivity index is 0.000000326. The zero-order valence-corrected chi connectivity index (χ0v) is 14.8. The van der Waals surface area contributed by atoms with Gasteiger partial charge in [0, 0.05) is 12.1 Å². The summed E-state index contributed by atoms with van der Waals surface area (Å²) in [5.74, 6) is -0.298. The molecule has 0 aliphatic heterocycles. The number of rotatable bonds is 2. The lowest BCUT2D eigenvalue weighted by Gasteiger charge is -2.08. The predicted octanol–water partition coefficient (Wildman–Crippen LogP) is 2.04. The van der Waals surface area contributed by atoms with E-state index in [2.05, 4.69) is 8.75 Å². The second-order valence-corrected chi connectivity index (χ2v) is 6.24. The molecule has 1 aromatic heterocycles. The molecule has 1 N–H and O–H groups in total. The van der Waals surface area contributed by atoms with E-state index in [1.165, 1.54) is 7.11 Å². The molecule has 1 heterocycles. The normalized spacial score (nSPS) is 11.0. The molecule has 0 bridgehead atoms. The third-order valence-electron chi connectivity index (χ3n) is 3.67. The first-order chi connectivity index (χ1) is 11.8. The van der Waals surface area contributed by atoms with Gasteiger partial charge in [0.1, 0.15) is 7.05 Å². The number of fused-ring (bicyclic) bond motifs is 2. The maximum absolute atomic E-state index is 12.1. The van der Waals surface area contributed by atoms with Crippen LogP contribution < -0.4 is 4.57 Å². The molecule has 0 aliphatic carbocycles. The van der Waals surface area contributed by atoms with Gasteiger partial charge >= 0.3 is 16.4 Å². The molecule has 132 valence electrons. The fourth-order valence-electron chi connectivity index (χ4n) is 2.55. The Morgan fingerprint density at radius 1 is 0.960 bits per heavy atom. The summed E-state index contributed by atoms with van der Waals surface area (Å²) in [6.07, 6.45) is 0. The minimum Gasteiger partial charge on any atom is -0.465 e. The number of ether oxygens (including phenoxy) is 1. The van der Waals surface area contributed by atoms with E-state index in [1.54, 1.807) is 0 Å². The molecule has 0 amide bonds. The van der Waals surface area contributed by atoms with E-state index in [0.717, 1.165) is 28.9 Å². The third kappa shape index (κ3) is 4.11. The fourth-order valence-corrected chi connectivity index (χ4v) is 2.55. The number of esters is 1. The van der Waals surface area contributed by atoms with Crippen LogP contribution in [0.15, 0.2) is 48.5 Å². The van der Waals surface area contributed by atoms with Gasteiger partial charge in [0.25, 0.3) is 0 Å². The van der Waals surface area contributed by atoms with Gasteiger partial charge in [0.15, 0.2) is 0 Å². The van der Waals surface area contributed by atoms with Gasteiger partial charge in [-0.2, -0.15) is 13.0 Å². The van der Waals surface area contributed by atoms with Gasteiger partial charge in [0.05, 0.1) is 30.6 Å². The van der Waals surface area contributed by atoms with Crippen LogP contribution in [0, 0.1) is 0 Å². The summed E-state index contributed by atoms with van der Waals surface area (Å²) in [7, 11) is 0.130. The Kier molecular flexibility index (Phi) is 5.68. The van der Waals surface area contributed by atoms with Gasteiger partial charge in [-0.1, -0.05) is 24.3 Å². The quantitative estimate of drug-likeness (QED) is 0.324. The lowest BCUT2D eigenvalue weighted by Crippen LogP contribution is -2.31. The molecule has 0 saturated carbocycles. The number of aromatic nitrogens is 1. The van der Waals surface area contributed by atoms with Crippen LogP contribution in [0.4, 0.5) is 0 Å². The molecule has 0 fully saturated rings. The van der Waals surface area contributed by atoms with Crippen molar-refractivity contribution in [1.82, 2.24) is 0 Å². The minimum absolute atomic E-state index is 0.298. The number of carbonyl (C=O) groups excluding carboxylic acids is 1. The van der Waals surface area contributed by atoms with Crippen molar-refractivity contribution >= 4 is 38.2 Å². The second-order valence-electron chi connectivity index (χ2n) is 5.05. The molecule has 25 heavy (non-hydrogen) atoms. The number of hydrogen-bond acceptors (Lipinski definition) is 5. The number of hydrogen-bond donors (Lipinski definition) is 1. The monoisotopic (exact) mass is 364 g/mol. The van der Waals surface area contributed by atoms with Crippen molar-refractivity contribution in [1.29, 1.82) is 0 Å². The molecular formula is C17H18NO6S+. The molecule has 0 spiro atoms. The summed E-state index contributed by atoms with van der Waals surface area (Å²) in [6, 6.07) is 15.7. The first kappa shape index (κ1) is 18.8. The highest BCUT2D eigenvalue weighted by Crippen LogP contribution is 2.24. The van der Waals surface area contributed by atoms with Crippen LogP contribution in [-0.4, -0.2) is 33.2 Å². The number of aryl methyl sites for hydroxylation is 1. The van der Waals surface area contributed by atoms with E-state index in [9.17, 15) is 13.2 Å². The number of benzene rings is 2. The molecule has 0 saturated heterocycles. The van der Waals surface area contributed by atoms with Gasteiger partial charge in [-0.05, 0) is 12.1 Å². The second kappa shape index (κ2) is 7.56. The fraction of sp³-hybridized carbons (Fsp3) is 0.176. The highest BCUT2D eigenvalue weighted by Gasteiger charge is 2.21. The highest BCUT2D eigenvalue weighted by molar-refractivity contribution is 7.80. The topological polar surface area (TPSA) is 93.8 Å². The van der Waals surface area contributed by atoms with Crippen molar-refractivity contribution in [2.24, 2.45) is 7.05 Å². The molecule has 0 atom stereocenters. The molecule has 0 aliphatic rings. The summed E-state index contributed by atoms with van der Waals surface area (Å²) < 4.78 is 36.7. The van der Waals surface area contributed by atoms with Crippen molar-refractivity contribution in [2.75, 3.05) is 14.2 Å². The van der Waals surface area contributed by atoms with Crippen LogP contribution in [0.5, 0.6) is 0 Å². The van der Waals surface area contributed by atoms with Gasteiger partial charge < -0.3 is 4.74 Å². The van der Waals surface area contributed by atoms with E-state index in [4.69, 9.17) is 9.29 Å². The van der Waals surface area contributed by atoms with Crippen LogP contribution in [0.1, 0.15) is 10.4 Å². The van der Waals surface area contributed by atoms with E-state index >= 15 is 0 Å². The number of pyridine rings is 1. The Morgan fingerprint density at radius 2 is 1.36 bits per heavy atom. The third-order valence-corrected chi connectivity index (χ3v) is 4.09. The smallest absolute Gasteiger partial charge is 0.397 e. The van der Waals surface area contributed by atoms with E-state index < -0.39 is 10.4 Å². The molecule has 3 aromatic rings. The van der Waals surface area contributed by atoms with Crippen LogP contribution >= 0.6 is 0 Å². The lowest BCUT2D eigenvalue weighted by atomic mass is 10.0. The molecule has 2 aromatic carbocycles. The van der Waals surface area contributed by atoms with Crippen molar-refractivity contribution < 1.29 is 31.3 Å². The molecule has 7 nitrogen and oxygen atoms in total. The summed E-state index contributed by atoms with van der Waals surface area (Å²) >= 11 is 0. The van der Waals surface area contributed by atoms with Crippen molar-refractivity contribution in [2.45, 2.75) is 0 Å². The summed E-state index contributed by atoms with van der Waals surface area (Å²) in [5, 5.41) is 1.83. The summed E-state index contributed by atoms with van der Waals surface area (Å²) in [5.41, 5.74) is 2.66. The molecular weight excluding hydrogens is 346 g/mol. The Bertz CT molecular complexity index is 973. The van der Waals surface area contributed by atoms with E-state index in [0.29, 0.717) is 5.56 Å². The lowest BCUT2D eigenvalue weighted by molar-refractivity contribution is -0.617.